The highest BCUT2D eigenvalue weighted by Crippen LogP contribution is 2.14. The van der Waals surface area contributed by atoms with Gasteiger partial charge in [-0.05, 0) is 18.5 Å². The number of halogens is 1. The number of nitrogens with one attached hydrogen (secondary N) is 1. The molecule has 2 rings (SSSR count). The molecule has 0 unspecified atom stereocenters. The largest absolute Gasteiger partial charge is 0.329 e. The normalized spacial score (nSPS) is 10.3. The summed E-state index contributed by atoms with van der Waals surface area (Å²) in [7, 11) is 1.51. The summed E-state index contributed by atoms with van der Waals surface area (Å²) >= 11 is 5.92. The fourth-order valence-electron chi connectivity index (χ4n) is 1.51. The number of H-pyrrole nitrogens is 1. The Morgan fingerprint density at radius 2 is 2.18 bits per heavy atom. The topological polar surface area (TPSA) is 72.7 Å². The second-order valence-corrected chi connectivity index (χ2v) is 3.72. The fraction of sp³-hybridized carbons (Fsp3) is 0.300. The van der Waals surface area contributed by atoms with E-state index in [0.717, 1.165) is 0 Å². The molecule has 0 bridgehead atoms. The summed E-state index contributed by atoms with van der Waals surface area (Å²) in [4.78, 5) is 29.3. The van der Waals surface area contributed by atoms with Gasteiger partial charge in [-0.1, -0.05) is 5.92 Å². The average Bonchev–Trinajstić information content (AvgIpc) is 2.61. The summed E-state index contributed by atoms with van der Waals surface area (Å²) in [5.74, 6) is 5.50. The number of rotatable bonds is 1. The van der Waals surface area contributed by atoms with Crippen molar-refractivity contribution in [2.24, 2.45) is 7.05 Å². The van der Waals surface area contributed by atoms with E-state index in [1.807, 2.05) is 0 Å². The van der Waals surface area contributed by atoms with Crippen LogP contribution in [0.25, 0.3) is 11.2 Å². The number of imidazole rings is 1. The Balaban J connectivity index is 2.90. The van der Waals surface area contributed by atoms with Crippen molar-refractivity contribution in [1.82, 2.24) is 19.1 Å². The smallest absolute Gasteiger partial charge is 0.297 e. The van der Waals surface area contributed by atoms with Gasteiger partial charge in [0.15, 0.2) is 11.2 Å². The predicted molar refractivity (Wildman–Crippen MR) is 64.1 cm³/mol. The first-order chi connectivity index (χ1) is 8.06. The molecule has 0 saturated heterocycles. The van der Waals surface area contributed by atoms with E-state index in [4.69, 9.17) is 11.6 Å². The van der Waals surface area contributed by atoms with Gasteiger partial charge in [0.25, 0.3) is 5.56 Å². The Kier molecular flexibility index (Phi) is 2.77. The lowest BCUT2D eigenvalue weighted by Crippen LogP contribution is -2.29. The van der Waals surface area contributed by atoms with Crippen LogP contribution in [0.2, 0.25) is 5.28 Å². The molecule has 2 aromatic rings. The molecule has 0 radical (unpaired) electrons. The van der Waals surface area contributed by atoms with E-state index in [1.54, 1.807) is 6.92 Å². The van der Waals surface area contributed by atoms with Crippen molar-refractivity contribution in [2.45, 2.75) is 13.5 Å². The van der Waals surface area contributed by atoms with Gasteiger partial charge < -0.3 is 0 Å². The molecule has 0 aliphatic rings. The second-order valence-electron chi connectivity index (χ2n) is 3.38. The maximum absolute atomic E-state index is 11.7. The number of aromatic amines is 1. The molecule has 0 aromatic carbocycles. The van der Waals surface area contributed by atoms with E-state index in [2.05, 4.69) is 21.8 Å². The van der Waals surface area contributed by atoms with Crippen LogP contribution in [0.5, 0.6) is 0 Å². The first kappa shape index (κ1) is 11.5. The van der Waals surface area contributed by atoms with Crippen LogP contribution in [0.15, 0.2) is 9.59 Å². The first-order valence-corrected chi connectivity index (χ1v) is 5.18. The van der Waals surface area contributed by atoms with Crippen LogP contribution in [0.1, 0.15) is 6.92 Å². The highest BCUT2D eigenvalue weighted by atomic mass is 35.5. The minimum absolute atomic E-state index is 0.134. The number of aromatic nitrogens is 4. The van der Waals surface area contributed by atoms with E-state index in [9.17, 15) is 9.59 Å². The van der Waals surface area contributed by atoms with Gasteiger partial charge in [-0.15, -0.1) is 5.92 Å². The van der Waals surface area contributed by atoms with Crippen LogP contribution in [-0.2, 0) is 13.6 Å². The lowest BCUT2D eigenvalue weighted by molar-refractivity contribution is 0.823. The van der Waals surface area contributed by atoms with Gasteiger partial charge in [-0.2, -0.15) is 4.98 Å². The van der Waals surface area contributed by atoms with Gasteiger partial charge in [0.1, 0.15) is 0 Å². The van der Waals surface area contributed by atoms with Crippen molar-refractivity contribution in [3.05, 3.63) is 26.1 Å². The molecule has 17 heavy (non-hydrogen) atoms. The highest BCUT2D eigenvalue weighted by Gasteiger charge is 2.14. The number of hydrogen-bond donors (Lipinski definition) is 1. The summed E-state index contributed by atoms with van der Waals surface area (Å²) in [6.45, 7) is 1.94. The maximum atomic E-state index is 11.7. The summed E-state index contributed by atoms with van der Waals surface area (Å²) in [5.41, 5.74) is -0.535. The Hall–Kier alpha value is -2.00. The maximum Gasteiger partial charge on any atom is 0.329 e. The van der Waals surface area contributed by atoms with Crippen LogP contribution in [0.3, 0.4) is 0 Å². The fourth-order valence-corrected chi connectivity index (χ4v) is 1.73. The third kappa shape index (κ3) is 1.74. The van der Waals surface area contributed by atoms with Gasteiger partial charge in [0, 0.05) is 7.05 Å². The lowest BCUT2D eigenvalue weighted by atomic mass is 10.5. The van der Waals surface area contributed by atoms with Crippen molar-refractivity contribution in [2.75, 3.05) is 0 Å². The van der Waals surface area contributed by atoms with Gasteiger partial charge >= 0.3 is 5.69 Å². The minimum Gasteiger partial charge on any atom is -0.297 e. The molecule has 0 fully saturated rings. The van der Waals surface area contributed by atoms with Crippen LogP contribution in [0.4, 0.5) is 0 Å². The molecule has 0 aliphatic carbocycles. The zero-order valence-electron chi connectivity index (χ0n) is 9.24. The molecule has 1 N–H and O–H groups in total. The number of fused-ring (bicyclic) bond motifs is 1. The van der Waals surface area contributed by atoms with E-state index in [0.29, 0.717) is 0 Å². The summed E-state index contributed by atoms with van der Waals surface area (Å²) in [6.07, 6.45) is 0. The number of aryl methyl sites for hydroxylation is 1. The molecule has 6 nitrogen and oxygen atoms in total. The molecule has 0 spiro atoms. The zero-order chi connectivity index (χ0) is 12.6. The summed E-state index contributed by atoms with van der Waals surface area (Å²) in [5, 5.41) is 0.134. The molecular formula is C10H9ClN4O2. The standard InChI is InChI=1S/C10H9ClN4O2/c1-3-4-5-15-6-7(12-9(15)11)14(2)10(17)13-8(6)16/h5H2,1-2H3,(H,13,16,17). The summed E-state index contributed by atoms with van der Waals surface area (Å²) in [6, 6.07) is 0. The molecule has 0 saturated carbocycles. The van der Waals surface area contributed by atoms with Gasteiger partial charge in [-0.25, -0.2) is 4.79 Å². The minimum atomic E-state index is -0.523. The molecular weight excluding hydrogens is 244 g/mol. The zero-order valence-corrected chi connectivity index (χ0v) is 10.00. The SMILES string of the molecule is CC#CCn1c(Cl)nc2c1c(=O)[nH]c(=O)n2C. The van der Waals surface area contributed by atoms with Crippen molar-refractivity contribution >= 4 is 22.8 Å². The quantitative estimate of drug-likeness (QED) is 0.578. The second kappa shape index (κ2) is 4.11. The average molecular weight is 253 g/mol. The van der Waals surface area contributed by atoms with Gasteiger partial charge in [0.05, 0.1) is 6.54 Å². The monoisotopic (exact) mass is 252 g/mol. The van der Waals surface area contributed by atoms with Crippen molar-refractivity contribution in [3.63, 3.8) is 0 Å². The Bertz CT molecular complexity index is 757. The van der Waals surface area contributed by atoms with E-state index in [-0.39, 0.29) is 23.0 Å². The van der Waals surface area contributed by atoms with E-state index >= 15 is 0 Å². The highest BCUT2D eigenvalue weighted by molar-refractivity contribution is 6.29. The molecule has 0 aliphatic heterocycles. The molecule has 0 amide bonds. The van der Waals surface area contributed by atoms with Crippen molar-refractivity contribution in [1.29, 1.82) is 0 Å². The van der Waals surface area contributed by atoms with E-state index < -0.39 is 11.2 Å². The predicted octanol–water partition coefficient (Wildman–Crippen LogP) is 0.1000. The van der Waals surface area contributed by atoms with Gasteiger partial charge in [0.2, 0.25) is 5.28 Å². The third-order valence-electron chi connectivity index (χ3n) is 2.37. The molecule has 0 atom stereocenters. The Morgan fingerprint density at radius 3 is 2.82 bits per heavy atom. The van der Waals surface area contributed by atoms with Crippen LogP contribution >= 0.6 is 11.6 Å². The van der Waals surface area contributed by atoms with Gasteiger partial charge in [-0.3, -0.25) is 18.9 Å². The number of nitrogens with zero attached hydrogens (tertiary/aromatic N) is 3. The molecule has 2 heterocycles. The van der Waals surface area contributed by atoms with Crippen molar-refractivity contribution < 1.29 is 0 Å². The van der Waals surface area contributed by atoms with Crippen LogP contribution in [-0.4, -0.2) is 19.1 Å². The lowest BCUT2D eigenvalue weighted by Gasteiger charge is -2.00. The van der Waals surface area contributed by atoms with Crippen molar-refractivity contribution in [3.8, 4) is 11.8 Å². The Labute approximate surface area is 101 Å². The molecule has 2 aromatic heterocycles. The molecule has 7 heteroatoms. The van der Waals surface area contributed by atoms with Crippen LogP contribution in [0, 0.1) is 11.8 Å². The number of hydrogen-bond acceptors (Lipinski definition) is 3. The third-order valence-corrected chi connectivity index (χ3v) is 2.66. The summed E-state index contributed by atoms with van der Waals surface area (Å²) < 4.78 is 2.70. The Morgan fingerprint density at radius 1 is 1.47 bits per heavy atom. The van der Waals surface area contributed by atoms with Crippen LogP contribution < -0.4 is 11.2 Å². The molecule has 88 valence electrons. The van der Waals surface area contributed by atoms with E-state index in [1.165, 1.54) is 16.2 Å². The first-order valence-electron chi connectivity index (χ1n) is 4.81.